The number of aromatic nitrogens is 1. The molecule has 4 nitrogen and oxygen atoms in total. The Morgan fingerprint density at radius 3 is 2.72 bits per heavy atom. The molecule has 1 aliphatic carbocycles. The van der Waals surface area contributed by atoms with Gasteiger partial charge in [0.1, 0.15) is 0 Å². The Kier molecular flexibility index (Phi) is 5.59. The molecule has 0 bridgehead atoms. The van der Waals surface area contributed by atoms with Crippen molar-refractivity contribution in [1.82, 2.24) is 15.2 Å². The van der Waals surface area contributed by atoms with Crippen molar-refractivity contribution in [3.05, 3.63) is 64.9 Å². The van der Waals surface area contributed by atoms with Crippen molar-refractivity contribution < 1.29 is 4.79 Å². The summed E-state index contributed by atoms with van der Waals surface area (Å²) in [4.78, 5) is 18.4. The topological polar surface area (TPSA) is 45.2 Å². The van der Waals surface area contributed by atoms with Crippen molar-refractivity contribution in [1.29, 1.82) is 0 Å². The summed E-state index contributed by atoms with van der Waals surface area (Å²) in [5.74, 6) is 0. The number of halogens is 1. The quantitative estimate of drug-likeness (QED) is 0.862. The molecule has 0 atom stereocenters. The highest BCUT2D eigenvalue weighted by Crippen LogP contribution is 2.41. The molecule has 132 valence electrons. The van der Waals surface area contributed by atoms with Crippen LogP contribution in [-0.4, -0.2) is 29.5 Å². The molecule has 3 rings (SSSR count). The van der Waals surface area contributed by atoms with Crippen LogP contribution in [0.3, 0.4) is 0 Å². The molecule has 2 aromatic rings. The van der Waals surface area contributed by atoms with Crippen LogP contribution in [0.5, 0.6) is 0 Å². The zero-order valence-electron chi connectivity index (χ0n) is 14.5. The van der Waals surface area contributed by atoms with Gasteiger partial charge >= 0.3 is 6.03 Å². The van der Waals surface area contributed by atoms with E-state index in [-0.39, 0.29) is 11.4 Å². The van der Waals surface area contributed by atoms with Crippen molar-refractivity contribution in [2.45, 2.75) is 37.6 Å². The van der Waals surface area contributed by atoms with E-state index in [0.717, 1.165) is 23.6 Å². The van der Waals surface area contributed by atoms with Gasteiger partial charge in [0.15, 0.2) is 0 Å². The number of hydrogen-bond donors (Lipinski definition) is 1. The van der Waals surface area contributed by atoms with Gasteiger partial charge in [0.05, 0.1) is 12.2 Å². The van der Waals surface area contributed by atoms with Crippen LogP contribution in [0.25, 0.3) is 0 Å². The van der Waals surface area contributed by atoms with E-state index < -0.39 is 0 Å². The first kappa shape index (κ1) is 17.7. The summed E-state index contributed by atoms with van der Waals surface area (Å²) in [6.45, 7) is 1.13. The molecule has 1 aliphatic rings. The molecule has 1 aromatic heterocycles. The molecule has 5 heteroatoms. The number of carbonyl (C=O) groups is 1. The van der Waals surface area contributed by atoms with Gasteiger partial charge in [0.25, 0.3) is 0 Å². The zero-order chi connectivity index (χ0) is 17.7. The van der Waals surface area contributed by atoms with E-state index in [1.807, 2.05) is 36.4 Å². The van der Waals surface area contributed by atoms with Gasteiger partial charge in [-0.05, 0) is 42.7 Å². The van der Waals surface area contributed by atoms with E-state index in [4.69, 9.17) is 11.6 Å². The van der Waals surface area contributed by atoms with Crippen molar-refractivity contribution in [2.75, 3.05) is 13.6 Å². The van der Waals surface area contributed by atoms with Gasteiger partial charge in [0.2, 0.25) is 0 Å². The fraction of sp³-hybridized carbons (Fsp3) is 0.400. The van der Waals surface area contributed by atoms with E-state index in [1.54, 1.807) is 18.1 Å². The second kappa shape index (κ2) is 7.87. The monoisotopic (exact) mass is 357 g/mol. The fourth-order valence-electron chi connectivity index (χ4n) is 3.62. The van der Waals surface area contributed by atoms with E-state index in [1.165, 1.54) is 18.4 Å². The molecule has 0 aliphatic heterocycles. The van der Waals surface area contributed by atoms with Gasteiger partial charge < -0.3 is 10.2 Å². The summed E-state index contributed by atoms with van der Waals surface area (Å²) < 4.78 is 0. The smallest absolute Gasteiger partial charge is 0.317 e. The van der Waals surface area contributed by atoms with Gasteiger partial charge in [-0.25, -0.2) is 4.79 Å². The number of hydrogen-bond acceptors (Lipinski definition) is 2. The fourth-order valence-corrected chi connectivity index (χ4v) is 3.81. The minimum atomic E-state index is -0.0704. The molecule has 1 N–H and O–H groups in total. The lowest BCUT2D eigenvalue weighted by Gasteiger charge is -2.31. The van der Waals surface area contributed by atoms with Gasteiger partial charge in [0, 0.05) is 30.2 Å². The summed E-state index contributed by atoms with van der Waals surface area (Å²) in [7, 11) is 1.80. The minimum absolute atomic E-state index is 0.00754. The van der Waals surface area contributed by atoms with Crippen LogP contribution < -0.4 is 5.32 Å². The highest BCUT2D eigenvalue weighted by atomic mass is 35.5. The van der Waals surface area contributed by atoms with Crippen LogP contribution in [0.1, 0.15) is 36.9 Å². The summed E-state index contributed by atoms with van der Waals surface area (Å²) in [6, 6.07) is 13.7. The zero-order valence-corrected chi connectivity index (χ0v) is 15.3. The van der Waals surface area contributed by atoms with Gasteiger partial charge in [-0.1, -0.05) is 42.6 Å². The molecule has 25 heavy (non-hydrogen) atoms. The molecule has 0 unspecified atom stereocenters. The minimum Gasteiger partial charge on any atom is -0.337 e. The Bertz CT molecular complexity index is 714. The molecule has 1 saturated carbocycles. The molecular weight excluding hydrogens is 334 g/mol. The molecule has 1 heterocycles. The van der Waals surface area contributed by atoms with Crippen LogP contribution in [0.4, 0.5) is 4.79 Å². The number of nitrogens with zero attached hydrogens (tertiary/aromatic N) is 2. The molecule has 0 spiro atoms. The second-order valence-corrected chi connectivity index (χ2v) is 7.27. The van der Waals surface area contributed by atoms with Crippen LogP contribution in [0.2, 0.25) is 5.02 Å². The standard InChI is InChI=1S/C20H24ClN3O/c1-24(14-18-9-2-5-12-22-18)19(25)23-15-20(10-3-4-11-20)16-7-6-8-17(21)13-16/h2,5-9,12-13H,3-4,10-11,14-15H2,1H3,(H,23,25). The van der Waals surface area contributed by atoms with Gasteiger partial charge in [-0.15, -0.1) is 0 Å². The highest BCUT2D eigenvalue weighted by molar-refractivity contribution is 6.30. The first-order valence-electron chi connectivity index (χ1n) is 8.74. The van der Waals surface area contributed by atoms with E-state index >= 15 is 0 Å². The number of pyridine rings is 1. The van der Waals surface area contributed by atoms with Crippen molar-refractivity contribution in [3.63, 3.8) is 0 Å². The number of nitrogens with one attached hydrogen (secondary N) is 1. The molecule has 0 radical (unpaired) electrons. The van der Waals surface area contributed by atoms with E-state index in [9.17, 15) is 4.79 Å². The molecular formula is C20H24ClN3O. The van der Waals surface area contributed by atoms with Crippen LogP contribution in [-0.2, 0) is 12.0 Å². The Balaban J connectivity index is 1.64. The number of carbonyl (C=O) groups excluding carboxylic acids is 1. The number of amides is 2. The lowest BCUT2D eigenvalue weighted by Crippen LogP contribution is -2.44. The van der Waals surface area contributed by atoms with Crippen molar-refractivity contribution >= 4 is 17.6 Å². The lowest BCUT2D eigenvalue weighted by atomic mass is 9.79. The molecule has 1 fully saturated rings. The highest BCUT2D eigenvalue weighted by Gasteiger charge is 2.36. The van der Waals surface area contributed by atoms with E-state index in [0.29, 0.717) is 13.1 Å². The second-order valence-electron chi connectivity index (χ2n) is 6.83. The first-order valence-corrected chi connectivity index (χ1v) is 9.12. The average Bonchev–Trinajstić information content (AvgIpc) is 3.11. The number of benzene rings is 1. The predicted molar refractivity (Wildman–Crippen MR) is 101 cm³/mol. The summed E-state index contributed by atoms with van der Waals surface area (Å²) in [5.41, 5.74) is 2.10. The summed E-state index contributed by atoms with van der Waals surface area (Å²) in [6.07, 6.45) is 6.28. The average molecular weight is 358 g/mol. The van der Waals surface area contributed by atoms with E-state index in [2.05, 4.69) is 16.4 Å². The Hall–Kier alpha value is -2.07. The summed E-state index contributed by atoms with van der Waals surface area (Å²) >= 11 is 6.19. The Morgan fingerprint density at radius 2 is 2.04 bits per heavy atom. The summed E-state index contributed by atoms with van der Waals surface area (Å²) in [5, 5.41) is 3.87. The number of urea groups is 1. The first-order chi connectivity index (χ1) is 12.1. The number of rotatable bonds is 5. The maximum absolute atomic E-state index is 12.5. The Labute approximate surface area is 154 Å². The van der Waals surface area contributed by atoms with Gasteiger partial charge in [-0.2, -0.15) is 0 Å². The van der Waals surface area contributed by atoms with Crippen molar-refractivity contribution in [3.8, 4) is 0 Å². The third-order valence-corrected chi connectivity index (χ3v) is 5.28. The normalized spacial score (nSPS) is 15.8. The van der Waals surface area contributed by atoms with Crippen LogP contribution >= 0.6 is 11.6 Å². The molecule has 1 aromatic carbocycles. The third-order valence-electron chi connectivity index (χ3n) is 5.05. The Morgan fingerprint density at radius 1 is 1.24 bits per heavy atom. The molecule has 0 saturated heterocycles. The van der Waals surface area contributed by atoms with Gasteiger partial charge in [-0.3, -0.25) is 4.98 Å². The SMILES string of the molecule is CN(Cc1ccccn1)C(=O)NCC1(c2cccc(Cl)c2)CCCC1. The lowest BCUT2D eigenvalue weighted by molar-refractivity contribution is 0.202. The third kappa shape index (κ3) is 4.31. The largest absolute Gasteiger partial charge is 0.337 e. The maximum atomic E-state index is 12.5. The predicted octanol–water partition coefficient (Wildman–Crippen LogP) is 4.39. The van der Waals surface area contributed by atoms with Crippen molar-refractivity contribution in [2.24, 2.45) is 0 Å². The van der Waals surface area contributed by atoms with Crippen LogP contribution in [0.15, 0.2) is 48.7 Å². The molecule has 2 amide bonds. The van der Waals surface area contributed by atoms with Crippen LogP contribution in [0, 0.1) is 0 Å². The maximum Gasteiger partial charge on any atom is 0.317 e.